The average Bonchev–Trinajstić information content (AvgIpc) is 3.33. The highest BCUT2D eigenvalue weighted by Gasteiger charge is 2.16. The van der Waals surface area contributed by atoms with E-state index in [4.69, 9.17) is 9.15 Å². The van der Waals surface area contributed by atoms with E-state index in [2.05, 4.69) is 15.3 Å². The molecule has 0 fully saturated rings. The number of thiazole rings is 1. The van der Waals surface area contributed by atoms with Crippen LogP contribution in [0.3, 0.4) is 0 Å². The molecule has 30 heavy (non-hydrogen) atoms. The topological polar surface area (TPSA) is 77.2 Å². The van der Waals surface area contributed by atoms with Gasteiger partial charge in [-0.25, -0.2) is 14.4 Å². The van der Waals surface area contributed by atoms with E-state index in [-0.39, 0.29) is 23.0 Å². The van der Waals surface area contributed by atoms with Crippen LogP contribution < -0.4 is 5.32 Å². The van der Waals surface area contributed by atoms with Crippen molar-refractivity contribution in [3.8, 4) is 11.5 Å². The third-order valence-electron chi connectivity index (χ3n) is 4.16. The summed E-state index contributed by atoms with van der Waals surface area (Å²) in [5, 5.41) is 3.56. The van der Waals surface area contributed by atoms with E-state index in [9.17, 15) is 9.18 Å². The van der Waals surface area contributed by atoms with Gasteiger partial charge in [0, 0.05) is 5.69 Å². The molecule has 0 saturated carbocycles. The second kappa shape index (κ2) is 7.97. The molecular weight excluding hydrogens is 405 g/mol. The van der Waals surface area contributed by atoms with Crippen molar-refractivity contribution in [1.29, 1.82) is 0 Å². The number of amides is 1. The molecule has 2 heterocycles. The molecule has 2 aromatic carbocycles. The first-order chi connectivity index (χ1) is 14.3. The van der Waals surface area contributed by atoms with E-state index >= 15 is 0 Å². The van der Waals surface area contributed by atoms with E-state index in [1.54, 1.807) is 36.4 Å². The van der Waals surface area contributed by atoms with Gasteiger partial charge in [-0.1, -0.05) is 12.1 Å². The number of oxazole rings is 1. The van der Waals surface area contributed by atoms with Gasteiger partial charge in [0.15, 0.2) is 5.58 Å². The SMILES string of the molecule is CC(C)(C)OCc1ncc(C(=O)Nc2ccc3oc(-c4ccccc4F)nc3c2)s1. The van der Waals surface area contributed by atoms with E-state index in [0.29, 0.717) is 28.3 Å². The van der Waals surface area contributed by atoms with Gasteiger partial charge in [0.25, 0.3) is 5.91 Å². The summed E-state index contributed by atoms with van der Waals surface area (Å²) in [6.07, 6.45) is 1.53. The van der Waals surface area contributed by atoms with Gasteiger partial charge in [-0.05, 0) is 51.1 Å². The lowest BCUT2D eigenvalue weighted by Crippen LogP contribution is -2.18. The molecule has 8 heteroatoms. The summed E-state index contributed by atoms with van der Waals surface area (Å²) in [6, 6.07) is 11.4. The number of hydrogen-bond donors (Lipinski definition) is 1. The summed E-state index contributed by atoms with van der Waals surface area (Å²) in [5.74, 6) is -0.488. The number of fused-ring (bicyclic) bond motifs is 1. The normalized spacial score (nSPS) is 11.7. The second-order valence-electron chi connectivity index (χ2n) is 7.65. The van der Waals surface area contributed by atoms with Crippen LogP contribution in [0.5, 0.6) is 0 Å². The van der Waals surface area contributed by atoms with E-state index in [0.717, 1.165) is 5.01 Å². The Morgan fingerprint density at radius 1 is 1.23 bits per heavy atom. The van der Waals surface area contributed by atoms with Gasteiger partial charge < -0.3 is 14.5 Å². The number of ether oxygens (including phenoxy) is 1. The minimum absolute atomic E-state index is 0.192. The Morgan fingerprint density at radius 3 is 2.80 bits per heavy atom. The molecule has 2 aromatic heterocycles. The van der Waals surface area contributed by atoms with E-state index < -0.39 is 5.82 Å². The summed E-state index contributed by atoms with van der Waals surface area (Å²) in [7, 11) is 0. The number of rotatable bonds is 5. The molecule has 0 aliphatic heterocycles. The van der Waals surface area contributed by atoms with Gasteiger partial charge in [-0.2, -0.15) is 0 Å². The van der Waals surface area contributed by atoms with Crippen LogP contribution in [0.4, 0.5) is 10.1 Å². The maximum Gasteiger partial charge on any atom is 0.267 e. The van der Waals surface area contributed by atoms with Crippen LogP contribution in [-0.4, -0.2) is 21.5 Å². The van der Waals surface area contributed by atoms with Crippen LogP contribution in [0.2, 0.25) is 0 Å². The Kier molecular flexibility index (Phi) is 5.36. The predicted molar refractivity (Wildman–Crippen MR) is 114 cm³/mol. The van der Waals surface area contributed by atoms with Crippen molar-refractivity contribution >= 4 is 34.0 Å². The average molecular weight is 425 g/mol. The van der Waals surface area contributed by atoms with E-state index in [1.807, 2.05) is 20.8 Å². The summed E-state index contributed by atoms with van der Waals surface area (Å²) in [5.41, 5.74) is 1.60. The zero-order valence-corrected chi connectivity index (χ0v) is 17.5. The van der Waals surface area contributed by atoms with Crippen LogP contribution in [0, 0.1) is 5.82 Å². The maximum absolute atomic E-state index is 14.0. The molecule has 0 aliphatic rings. The van der Waals surface area contributed by atoms with Gasteiger partial charge >= 0.3 is 0 Å². The lowest BCUT2D eigenvalue weighted by molar-refractivity contribution is -0.0150. The monoisotopic (exact) mass is 425 g/mol. The summed E-state index contributed by atoms with van der Waals surface area (Å²) >= 11 is 1.28. The smallest absolute Gasteiger partial charge is 0.267 e. The molecule has 0 saturated heterocycles. The molecular formula is C22H20FN3O3S. The number of aromatic nitrogens is 2. The summed E-state index contributed by atoms with van der Waals surface area (Å²) < 4.78 is 25.3. The van der Waals surface area contributed by atoms with E-state index in [1.165, 1.54) is 23.6 Å². The van der Waals surface area contributed by atoms with Crippen LogP contribution in [0.15, 0.2) is 53.1 Å². The third-order valence-corrected chi connectivity index (χ3v) is 5.13. The standard InChI is InChI=1S/C22H20FN3O3S/c1-22(2,3)28-12-19-24-11-18(30-19)20(27)25-13-8-9-17-16(10-13)26-21(29-17)14-6-4-5-7-15(14)23/h4-11H,12H2,1-3H3,(H,25,27). The molecule has 0 unspecified atom stereocenters. The molecule has 4 rings (SSSR count). The first-order valence-electron chi connectivity index (χ1n) is 9.34. The summed E-state index contributed by atoms with van der Waals surface area (Å²) in [4.78, 5) is 21.6. The molecule has 1 N–H and O–H groups in total. The minimum Gasteiger partial charge on any atom is -0.436 e. The van der Waals surface area contributed by atoms with Crippen molar-refractivity contribution in [2.45, 2.75) is 33.0 Å². The Labute approximate surface area is 176 Å². The Hall–Kier alpha value is -3.10. The van der Waals surface area contributed by atoms with Crippen LogP contribution in [0.25, 0.3) is 22.6 Å². The second-order valence-corrected chi connectivity index (χ2v) is 8.77. The highest BCUT2D eigenvalue weighted by atomic mass is 32.1. The molecule has 0 bridgehead atoms. The quantitative estimate of drug-likeness (QED) is 0.447. The lowest BCUT2D eigenvalue weighted by Gasteiger charge is -2.18. The summed E-state index contributed by atoms with van der Waals surface area (Å²) in [6.45, 7) is 6.24. The first-order valence-corrected chi connectivity index (χ1v) is 10.2. The zero-order valence-electron chi connectivity index (χ0n) is 16.7. The number of carbonyl (C=O) groups is 1. The first kappa shape index (κ1) is 20.2. The van der Waals surface area contributed by atoms with Gasteiger partial charge in [0.05, 0.1) is 24.0 Å². The van der Waals surface area contributed by atoms with Crippen molar-refractivity contribution in [3.63, 3.8) is 0 Å². The number of halogens is 1. The molecule has 6 nitrogen and oxygen atoms in total. The number of carbonyl (C=O) groups excluding carboxylic acids is 1. The zero-order chi connectivity index (χ0) is 21.3. The number of nitrogens with zero attached hydrogens (tertiary/aromatic N) is 2. The highest BCUT2D eigenvalue weighted by Crippen LogP contribution is 2.28. The maximum atomic E-state index is 14.0. The number of benzene rings is 2. The fourth-order valence-corrected chi connectivity index (χ4v) is 3.43. The van der Waals surface area contributed by atoms with Crippen molar-refractivity contribution in [3.05, 3.63) is 64.4 Å². The van der Waals surface area contributed by atoms with Gasteiger partial charge in [-0.15, -0.1) is 11.3 Å². The number of hydrogen-bond acceptors (Lipinski definition) is 6. The molecule has 0 spiro atoms. The molecule has 154 valence electrons. The largest absolute Gasteiger partial charge is 0.436 e. The number of anilines is 1. The van der Waals surface area contributed by atoms with Crippen LogP contribution in [0.1, 0.15) is 35.5 Å². The Bertz CT molecular complexity index is 1210. The fourth-order valence-electron chi connectivity index (χ4n) is 2.71. The van der Waals surface area contributed by atoms with Crippen LogP contribution >= 0.6 is 11.3 Å². The molecule has 0 atom stereocenters. The van der Waals surface area contributed by atoms with Gasteiger partial charge in [-0.3, -0.25) is 4.79 Å². The fraction of sp³-hybridized carbons (Fsp3) is 0.227. The van der Waals surface area contributed by atoms with Crippen molar-refractivity contribution < 1.29 is 18.3 Å². The number of nitrogens with one attached hydrogen (secondary N) is 1. The van der Waals surface area contributed by atoms with Crippen LogP contribution in [-0.2, 0) is 11.3 Å². The van der Waals surface area contributed by atoms with Crippen molar-refractivity contribution in [2.24, 2.45) is 0 Å². The molecule has 0 aliphatic carbocycles. The Balaban J connectivity index is 1.49. The third kappa shape index (κ3) is 4.55. The highest BCUT2D eigenvalue weighted by molar-refractivity contribution is 7.13. The van der Waals surface area contributed by atoms with Gasteiger partial charge in [0.1, 0.15) is 21.2 Å². The van der Waals surface area contributed by atoms with Crippen molar-refractivity contribution in [1.82, 2.24) is 9.97 Å². The minimum atomic E-state index is -0.408. The molecule has 0 radical (unpaired) electrons. The van der Waals surface area contributed by atoms with Gasteiger partial charge in [0.2, 0.25) is 5.89 Å². The van der Waals surface area contributed by atoms with Crippen molar-refractivity contribution in [2.75, 3.05) is 5.32 Å². The Morgan fingerprint density at radius 2 is 2.03 bits per heavy atom. The molecule has 1 amide bonds. The lowest BCUT2D eigenvalue weighted by atomic mass is 10.2. The predicted octanol–water partition coefficient (Wildman–Crippen LogP) is 5.66. The molecule has 4 aromatic rings.